The van der Waals surface area contributed by atoms with Crippen molar-refractivity contribution >= 4 is 17.9 Å². The summed E-state index contributed by atoms with van der Waals surface area (Å²) in [5.41, 5.74) is 0. The van der Waals surface area contributed by atoms with Crippen molar-refractivity contribution in [1.29, 1.82) is 0 Å². The van der Waals surface area contributed by atoms with E-state index in [9.17, 15) is 14.4 Å². The Morgan fingerprint density at radius 3 is 0.743 bits per heavy atom. The summed E-state index contributed by atoms with van der Waals surface area (Å²) in [7, 11) is 0. The van der Waals surface area contributed by atoms with E-state index in [1.165, 1.54) is 238 Å². The molecule has 0 aromatic rings. The minimum absolute atomic E-state index is 0.0630. The standard InChI is InChI=1S/C64H124O6/c1-7-60(6)52-46-40-34-28-21-17-12-10-8-9-11-13-19-23-31-37-43-49-55-64(67)70-61(57-69-63(66)54-48-42-36-30-25-24-27-33-39-45-51-59(4)5)56-68-62(65)53-47-41-35-29-22-18-15-14-16-20-26-32-38-44-50-58(2)3/h58-61H,7-57H2,1-6H3/t60?,61-/m1/s1. The van der Waals surface area contributed by atoms with Crippen LogP contribution in [0.5, 0.6) is 0 Å². The molecule has 0 aliphatic rings. The Balaban J connectivity index is 4.26. The van der Waals surface area contributed by atoms with E-state index < -0.39 is 6.10 Å². The van der Waals surface area contributed by atoms with E-state index >= 15 is 0 Å². The summed E-state index contributed by atoms with van der Waals surface area (Å²) in [6.45, 7) is 13.8. The first-order valence-electron chi connectivity index (χ1n) is 31.6. The summed E-state index contributed by atoms with van der Waals surface area (Å²) in [5.74, 6) is 1.73. The van der Waals surface area contributed by atoms with Gasteiger partial charge in [0.25, 0.3) is 0 Å². The predicted octanol–water partition coefficient (Wildman–Crippen LogP) is 21.1. The van der Waals surface area contributed by atoms with Crippen molar-refractivity contribution in [1.82, 2.24) is 0 Å². The number of ether oxygens (including phenoxy) is 3. The van der Waals surface area contributed by atoms with E-state index in [1.54, 1.807) is 0 Å². The maximum atomic E-state index is 12.9. The molecular weight excluding hydrogens is 865 g/mol. The molecule has 1 unspecified atom stereocenters. The van der Waals surface area contributed by atoms with E-state index in [4.69, 9.17) is 14.2 Å². The summed E-state index contributed by atoms with van der Waals surface area (Å²) in [6.07, 6.45) is 59.6. The second-order valence-electron chi connectivity index (χ2n) is 23.2. The number of unbranched alkanes of at least 4 members (excludes halogenated alkanes) is 39. The van der Waals surface area contributed by atoms with Crippen LogP contribution in [-0.4, -0.2) is 37.2 Å². The molecule has 0 bridgehead atoms. The van der Waals surface area contributed by atoms with Crippen LogP contribution in [0.2, 0.25) is 0 Å². The van der Waals surface area contributed by atoms with E-state index in [0.29, 0.717) is 19.3 Å². The minimum Gasteiger partial charge on any atom is -0.462 e. The summed E-state index contributed by atoms with van der Waals surface area (Å²) in [6, 6.07) is 0. The van der Waals surface area contributed by atoms with Gasteiger partial charge in [-0.05, 0) is 37.0 Å². The highest BCUT2D eigenvalue weighted by atomic mass is 16.6. The lowest BCUT2D eigenvalue weighted by Crippen LogP contribution is -2.30. The van der Waals surface area contributed by atoms with Crippen LogP contribution in [0.4, 0.5) is 0 Å². The Morgan fingerprint density at radius 1 is 0.286 bits per heavy atom. The molecule has 6 heteroatoms. The molecule has 0 aromatic carbocycles. The third kappa shape index (κ3) is 55.7. The Labute approximate surface area is 438 Å². The van der Waals surface area contributed by atoms with Gasteiger partial charge in [0.2, 0.25) is 0 Å². The number of carbonyl (C=O) groups excluding carboxylic acids is 3. The van der Waals surface area contributed by atoms with Gasteiger partial charge in [0.1, 0.15) is 13.2 Å². The summed E-state index contributed by atoms with van der Waals surface area (Å²) >= 11 is 0. The van der Waals surface area contributed by atoms with Gasteiger partial charge in [0.05, 0.1) is 0 Å². The molecule has 0 fully saturated rings. The monoisotopic (exact) mass is 989 g/mol. The molecule has 0 spiro atoms. The number of hydrogen-bond acceptors (Lipinski definition) is 6. The smallest absolute Gasteiger partial charge is 0.306 e. The molecule has 0 heterocycles. The van der Waals surface area contributed by atoms with Crippen LogP contribution >= 0.6 is 0 Å². The van der Waals surface area contributed by atoms with E-state index in [0.717, 1.165) is 75.5 Å². The van der Waals surface area contributed by atoms with Gasteiger partial charge in [-0.2, -0.15) is 0 Å². The van der Waals surface area contributed by atoms with Crippen LogP contribution < -0.4 is 0 Å². The maximum Gasteiger partial charge on any atom is 0.306 e. The Hall–Kier alpha value is -1.59. The lowest BCUT2D eigenvalue weighted by molar-refractivity contribution is -0.167. The molecule has 0 amide bonds. The first kappa shape index (κ1) is 68.4. The fourth-order valence-corrected chi connectivity index (χ4v) is 9.85. The number of esters is 3. The zero-order valence-electron chi connectivity index (χ0n) is 48.3. The van der Waals surface area contributed by atoms with Crippen molar-refractivity contribution in [2.24, 2.45) is 17.8 Å². The van der Waals surface area contributed by atoms with E-state index in [1.807, 2.05) is 0 Å². The maximum absolute atomic E-state index is 12.9. The van der Waals surface area contributed by atoms with Gasteiger partial charge in [-0.15, -0.1) is 0 Å². The topological polar surface area (TPSA) is 78.9 Å². The van der Waals surface area contributed by atoms with E-state index in [-0.39, 0.29) is 31.1 Å². The highest BCUT2D eigenvalue weighted by molar-refractivity contribution is 5.71. The molecule has 2 atom stereocenters. The fraction of sp³-hybridized carbons (Fsp3) is 0.953. The van der Waals surface area contributed by atoms with Crippen LogP contribution in [-0.2, 0) is 28.6 Å². The Kier molecular flexibility index (Phi) is 53.9. The van der Waals surface area contributed by atoms with E-state index in [2.05, 4.69) is 41.5 Å². The number of hydrogen-bond donors (Lipinski definition) is 0. The first-order chi connectivity index (χ1) is 34.1. The molecule has 0 rings (SSSR count). The summed E-state index contributed by atoms with van der Waals surface area (Å²) in [5, 5.41) is 0. The minimum atomic E-state index is -0.764. The van der Waals surface area contributed by atoms with Crippen molar-refractivity contribution in [2.75, 3.05) is 13.2 Å². The molecule has 416 valence electrons. The first-order valence-corrected chi connectivity index (χ1v) is 31.6. The molecule has 70 heavy (non-hydrogen) atoms. The molecule has 0 saturated carbocycles. The zero-order valence-corrected chi connectivity index (χ0v) is 48.3. The molecule has 0 saturated heterocycles. The van der Waals surface area contributed by atoms with Crippen molar-refractivity contribution in [3.63, 3.8) is 0 Å². The van der Waals surface area contributed by atoms with Crippen LogP contribution in [0, 0.1) is 17.8 Å². The fourth-order valence-electron chi connectivity index (χ4n) is 9.85. The van der Waals surface area contributed by atoms with Gasteiger partial charge in [-0.1, -0.05) is 318 Å². The van der Waals surface area contributed by atoms with Crippen molar-refractivity contribution < 1.29 is 28.6 Å². The largest absolute Gasteiger partial charge is 0.462 e. The summed E-state index contributed by atoms with van der Waals surface area (Å²) in [4.78, 5) is 38.3. The van der Waals surface area contributed by atoms with Gasteiger partial charge in [-0.3, -0.25) is 14.4 Å². The SMILES string of the molecule is CCC(C)CCCCCCCCCCCCCCCCCCCCC(=O)O[C@H](COC(=O)CCCCCCCCCCCCCCCCC(C)C)COC(=O)CCCCCCCCCCCCC(C)C. The third-order valence-electron chi connectivity index (χ3n) is 15.0. The van der Waals surface area contributed by atoms with Crippen LogP contribution in [0.3, 0.4) is 0 Å². The average molecular weight is 990 g/mol. The second kappa shape index (κ2) is 55.2. The van der Waals surface area contributed by atoms with Crippen LogP contribution in [0.25, 0.3) is 0 Å². The van der Waals surface area contributed by atoms with Gasteiger partial charge in [0.15, 0.2) is 6.10 Å². The average Bonchev–Trinajstić information content (AvgIpc) is 3.33. The molecule has 6 nitrogen and oxygen atoms in total. The van der Waals surface area contributed by atoms with Gasteiger partial charge in [-0.25, -0.2) is 0 Å². The Morgan fingerprint density at radius 2 is 0.500 bits per heavy atom. The molecular formula is C64H124O6. The van der Waals surface area contributed by atoms with Gasteiger partial charge in [0, 0.05) is 19.3 Å². The molecule has 0 aliphatic heterocycles. The molecule has 0 N–H and O–H groups in total. The quantitative estimate of drug-likeness (QED) is 0.0343. The predicted molar refractivity (Wildman–Crippen MR) is 303 cm³/mol. The highest BCUT2D eigenvalue weighted by Gasteiger charge is 2.19. The van der Waals surface area contributed by atoms with Gasteiger partial charge >= 0.3 is 17.9 Å². The number of carbonyl (C=O) groups is 3. The molecule has 0 aliphatic carbocycles. The third-order valence-corrected chi connectivity index (χ3v) is 15.0. The van der Waals surface area contributed by atoms with Crippen LogP contribution in [0.1, 0.15) is 356 Å². The van der Waals surface area contributed by atoms with Crippen LogP contribution in [0.15, 0.2) is 0 Å². The van der Waals surface area contributed by atoms with Gasteiger partial charge < -0.3 is 14.2 Å². The molecule has 0 aromatic heterocycles. The normalized spacial score (nSPS) is 12.5. The van der Waals surface area contributed by atoms with Crippen molar-refractivity contribution in [3.8, 4) is 0 Å². The number of rotatable bonds is 57. The highest BCUT2D eigenvalue weighted by Crippen LogP contribution is 2.19. The lowest BCUT2D eigenvalue weighted by atomic mass is 9.99. The van der Waals surface area contributed by atoms with Crippen molar-refractivity contribution in [2.45, 2.75) is 362 Å². The zero-order chi connectivity index (χ0) is 51.2. The Bertz CT molecular complexity index is 1090. The molecule has 0 radical (unpaired) electrons. The summed E-state index contributed by atoms with van der Waals surface area (Å²) < 4.78 is 16.9. The second-order valence-corrected chi connectivity index (χ2v) is 23.2. The lowest BCUT2D eigenvalue weighted by Gasteiger charge is -2.18. The van der Waals surface area contributed by atoms with Crippen molar-refractivity contribution in [3.05, 3.63) is 0 Å².